The topological polar surface area (TPSA) is 362 Å². The number of esters is 4. The average Bonchev–Trinajstić information content (AvgIpc) is 1.62. The van der Waals surface area contributed by atoms with Gasteiger partial charge in [-0.1, -0.05) is 153 Å². The van der Waals surface area contributed by atoms with Crippen LogP contribution in [0.4, 0.5) is 15.3 Å². The molecule has 1 aliphatic carbocycles. The monoisotopic (exact) mass is 1690 g/mol. The van der Waals surface area contributed by atoms with Crippen molar-refractivity contribution in [3.63, 3.8) is 0 Å². The summed E-state index contributed by atoms with van der Waals surface area (Å²) in [6.45, 7) is 10.9. The first-order valence-electron chi connectivity index (χ1n) is 41.0. The summed E-state index contributed by atoms with van der Waals surface area (Å²) in [5, 5.41) is 10.9. The Morgan fingerprint density at radius 2 is 0.950 bits per heavy atom. The van der Waals surface area contributed by atoms with E-state index in [0.717, 1.165) is 68.9 Å². The van der Waals surface area contributed by atoms with Crippen molar-refractivity contribution < 1.29 is 112 Å². The average molecular weight is 1690 g/mol. The van der Waals surface area contributed by atoms with Crippen molar-refractivity contribution in [3.8, 4) is 35.8 Å². The summed E-state index contributed by atoms with van der Waals surface area (Å²) in [6.07, 6.45) is 23.3. The van der Waals surface area contributed by atoms with Crippen molar-refractivity contribution in [2.75, 3.05) is 131 Å². The van der Waals surface area contributed by atoms with Crippen molar-refractivity contribution in [2.45, 2.75) is 174 Å². The van der Waals surface area contributed by atoms with Gasteiger partial charge in [0.2, 0.25) is 11.8 Å². The maximum atomic E-state index is 13.1. The molecule has 4 aromatic carbocycles. The summed E-state index contributed by atoms with van der Waals surface area (Å²) in [4.78, 5) is 127. The molecule has 0 spiro atoms. The fourth-order valence-electron chi connectivity index (χ4n) is 12.0. The molecule has 29 heteroatoms. The smallest absolute Gasteiger partial charge is 0.415 e. The molecule has 1 aromatic heterocycles. The number of hydrogen-bond donors (Lipinski definition) is 5. The van der Waals surface area contributed by atoms with Crippen LogP contribution in [0.25, 0.3) is 11.1 Å². The number of ketones is 2. The van der Waals surface area contributed by atoms with Gasteiger partial charge >= 0.3 is 36.1 Å². The van der Waals surface area contributed by atoms with Crippen LogP contribution in [0.5, 0.6) is 0 Å². The molecular formula is C91H125ClN7O21-. The predicted octanol–water partition coefficient (Wildman–Crippen LogP) is 8.45. The van der Waals surface area contributed by atoms with Crippen LogP contribution in [0.15, 0.2) is 134 Å². The predicted molar refractivity (Wildman–Crippen MR) is 451 cm³/mol. The Bertz CT molecular complexity index is 3790. The molecule has 1 aliphatic heterocycles. The Hall–Kier alpha value is -10.1. The van der Waals surface area contributed by atoms with Gasteiger partial charge in [0.1, 0.15) is 57.9 Å². The zero-order chi connectivity index (χ0) is 86.4. The number of anilines is 1. The number of unbranched alkanes of at least 4 members (excludes halogenated alkanes) is 8. The van der Waals surface area contributed by atoms with Crippen molar-refractivity contribution in [1.29, 1.82) is 0 Å². The summed E-state index contributed by atoms with van der Waals surface area (Å²) >= 11 is 0. The highest BCUT2D eigenvalue weighted by Gasteiger charge is 2.33. The number of Topliss-reactive ketones (excluding diaryl/α,β-unsaturated/α-hetero) is 2. The van der Waals surface area contributed by atoms with E-state index in [1.165, 1.54) is 27.9 Å². The molecule has 658 valence electrons. The third-order valence-corrected chi connectivity index (χ3v) is 18.2. The van der Waals surface area contributed by atoms with Gasteiger partial charge in [-0.2, -0.15) is 0 Å². The number of halogens is 1. The summed E-state index contributed by atoms with van der Waals surface area (Å²) in [5.74, 6) is 0.962. The first-order valence-corrected chi connectivity index (χ1v) is 41.0. The number of ether oxygens (including phenoxy) is 11. The molecule has 1 fully saturated rings. The number of benzene rings is 4. The molecule has 6 N–H and O–H groups in total. The van der Waals surface area contributed by atoms with Gasteiger partial charge in [0, 0.05) is 102 Å². The van der Waals surface area contributed by atoms with E-state index in [4.69, 9.17) is 65.9 Å². The number of cyclic esters (lactones) is 2. The SMILES string of the molecule is C#CCOCCOCCOCC(=O)C[C@@H](CCC(=O)OCc1ccccc1)C(=O)NCCCCCCCC(=O)OCC1c2ccccc2-c2ccccc21.C#CCOCCOCCOCC(=O)C[C@@H](CCC(=O)OCc1ccccc1)C(=O)NCCCCCCN.CC(C)(C)OC(=O)NCCCC[C@@H]1NC(=O)OC1=O.CN(C)c1ccncc1.[Cl-]. The van der Waals surface area contributed by atoms with Crippen molar-refractivity contribution >= 4 is 65.1 Å². The number of carbonyl (C=O) groups excluding carboxylic acids is 10. The second-order valence-corrected chi connectivity index (χ2v) is 29.2. The van der Waals surface area contributed by atoms with E-state index < -0.39 is 53.6 Å². The van der Waals surface area contributed by atoms with Gasteiger partial charge < -0.3 is 96.4 Å². The van der Waals surface area contributed by atoms with Crippen molar-refractivity contribution in [1.82, 2.24) is 26.3 Å². The molecule has 5 aromatic rings. The van der Waals surface area contributed by atoms with Gasteiger partial charge in [-0.05, 0) is 131 Å². The number of terminal acetylenes is 2. The largest absolute Gasteiger partial charge is 1.00 e. The summed E-state index contributed by atoms with van der Waals surface area (Å²) in [7, 11) is 4.02. The van der Waals surface area contributed by atoms with E-state index in [2.05, 4.69) is 67.1 Å². The Kier molecular flexibility index (Phi) is 56.1. The van der Waals surface area contributed by atoms with Crippen molar-refractivity contribution in [2.24, 2.45) is 17.6 Å². The number of hydrogen-bond acceptors (Lipinski definition) is 24. The van der Waals surface area contributed by atoms with Crippen LogP contribution < -0.4 is 44.3 Å². The minimum atomic E-state index is -0.693. The Morgan fingerprint density at radius 1 is 0.525 bits per heavy atom. The van der Waals surface area contributed by atoms with E-state index in [1.807, 2.05) is 116 Å². The quantitative estimate of drug-likeness (QED) is 0.00801. The van der Waals surface area contributed by atoms with Crippen LogP contribution in [0, 0.1) is 36.5 Å². The highest BCUT2D eigenvalue weighted by Crippen LogP contribution is 2.44. The number of rotatable bonds is 56. The standard InChI is InChI=1S/C44H53NO9.C28H42N2O7.C12H20N2O5.C7H10N2.ClH/c1-2-25-50-26-27-51-28-29-52-32-36(46)30-35(22-23-43(48)53-31-34-15-7-6-8-16-34)44(49)45-24-14-5-3-4-9-21-42(47)54-33-41-39-19-12-10-17-37(39)38-18-11-13-20-40(38)41;1-2-16-34-17-18-35-19-20-36-23-26(31)21-25(28(33)30-15-9-4-3-8-14-29)12-13-27(32)37-22-24-10-6-5-7-11-24;1-12(2,3)19-10(16)13-7-5-4-6-8-9(15)18-11(17)14-8;1-9(2)7-3-5-8-6-4-7;/h1,6-8,10-13,15-20,35,41H,3-5,9,14,21-33H2,(H,45,49);1,5-7,10-11,25H,3-4,8-9,12-23,29H2,(H,30,33);8H,4-7H2,1-3H3,(H,13,16)(H,14,17);3-6H,1-2H3;1H/p-1/t35-;25-;8-;;/m110../s1. The molecule has 0 saturated carbocycles. The van der Waals surface area contributed by atoms with Crippen LogP contribution in [0.2, 0.25) is 0 Å². The molecule has 3 atom stereocenters. The Balaban J connectivity index is 0.000000481. The van der Waals surface area contributed by atoms with Gasteiger partial charge in [-0.3, -0.25) is 38.5 Å². The second kappa shape index (κ2) is 64.7. The molecule has 2 aliphatic rings. The van der Waals surface area contributed by atoms with Gasteiger partial charge in [-0.15, -0.1) is 12.8 Å². The minimum absolute atomic E-state index is 0. The van der Waals surface area contributed by atoms with Gasteiger partial charge in [0.05, 0.1) is 52.9 Å². The van der Waals surface area contributed by atoms with Crippen LogP contribution in [0.1, 0.15) is 171 Å². The number of aromatic nitrogens is 1. The molecular weight excluding hydrogens is 1560 g/mol. The van der Waals surface area contributed by atoms with Gasteiger partial charge in [0.15, 0.2) is 11.6 Å². The lowest BCUT2D eigenvalue weighted by Crippen LogP contribution is -3.00. The molecule has 0 bridgehead atoms. The number of nitrogens with one attached hydrogen (secondary N) is 4. The lowest BCUT2D eigenvalue weighted by molar-refractivity contribution is -0.146. The van der Waals surface area contributed by atoms with Gasteiger partial charge in [-0.25, -0.2) is 14.4 Å². The Morgan fingerprint density at radius 3 is 1.40 bits per heavy atom. The molecule has 1 saturated heterocycles. The zero-order valence-corrected chi connectivity index (χ0v) is 71.2. The second-order valence-electron chi connectivity index (χ2n) is 29.2. The Labute approximate surface area is 714 Å². The first kappa shape index (κ1) is 104. The fourth-order valence-corrected chi connectivity index (χ4v) is 12.0. The van der Waals surface area contributed by atoms with E-state index in [1.54, 1.807) is 33.2 Å². The maximum absolute atomic E-state index is 13.1. The van der Waals surface area contributed by atoms with Crippen LogP contribution in [0.3, 0.4) is 0 Å². The molecule has 7 rings (SSSR count). The molecule has 0 radical (unpaired) electrons. The molecule has 28 nitrogen and oxygen atoms in total. The fraction of sp³-hybridized carbons (Fsp3) is 0.527. The van der Waals surface area contributed by atoms with E-state index in [9.17, 15) is 47.9 Å². The van der Waals surface area contributed by atoms with Crippen LogP contribution in [-0.4, -0.2) is 202 Å². The number of pyridine rings is 1. The number of alkyl carbamates (subject to hydrolysis) is 2. The normalized spacial score (nSPS) is 12.7. The minimum Gasteiger partial charge on any atom is -1.00 e. The number of nitrogens with two attached hydrogens (primary N) is 1. The highest BCUT2D eigenvalue weighted by molar-refractivity contribution is 5.95. The van der Waals surface area contributed by atoms with Crippen LogP contribution in [-0.2, 0) is 104 Å². The lowest BCUT2D eigenvalue weighted by atomic mass is 9.96. The molecule has 4 amide bonds. The third-order valence-electron chi connectivity index (χ3n) is 18.2. The third kappa shape index (κ3) is 48.8. The number of fused-ring (bicyclic) bond motifs is 3. The molecule has 120 heavy (non-hydrogen) atoms. The van der Waals surface area contributed by atoms with E-state index >= 15 is 0 Å². The van der Waals surface area contributed by atoms with E-state index in [0.29, 0.717) is 98.1 Å². The number of carbonyl (C=O) groups is 10. The molecule has 0 unspecified atom stereocenters. The summed E-state index contributed by atoms with van der Waals surface area (Å²) in [5.41, 5.74) is 12.7. The maximum Gasteiger partial charge on any atom is 0.415 e. The van der Waals surface area contributed by atoms with Crippen molar-refractivity contribution in [3.05, 3.63) is 156 Å². The first-order chi connectivity index (χ1) is 57.6. The summed E-state index contributed by atoms with van der Waals surface area (Å²) < 4.78 is 57.6. The highest BCUT2D eigenvalue weighted by atomic mass is 35.5. The lowest BCUT2D eigenvalue weighted by Gasteiger charge is -2.19. The zero-order valence-electron chi connectivity index (χ0n) is 70.5. The number of amides is 4. The molecule has 2 heterocycles. The van der Waals surface area contributed by atoms with Gasteiger partial charge in [0.25, 0.3) is 0 Å². The number of nitrogens with zero attached hydrogens (tertiary/aromatic N) is 2. The summed E-state index contributed by atoms with van der Waals surface area (Å²) in [6, 6.07) is 38.7. The van der Waals surface area contributed by atoms with Crippen LogP contribution >= 0.6 is 0 Å². The van der Waals surface area contributed by atoms with E-state index in [-0.39, 0.29) is 139 Å².